The number of nitrogens with one attached hydrogen (secondary N) is 2. The maximum atomic E-state index is 12.0. The molecule has 0 saturated carbocycles. The molecule has 0 saturated heterocycles. The maximum absolute atomic E-state index is 12.0. The summed E-state index contributed by atoms with van der Waals surface area (Å²) in [6.45, 7) is 4.06. The van der Waals surface area contributed by atoms with Crippen LogP contribution in [0.15, 0.2) is 24.3 Å². The number of benzene rings is 1. The lowest BCUT2D eigenvalue weighted by molar-refractivity contribution is 0.0488. The molecule has 2 amide bonds. The number of carbonyl (C=O) groups excluding carboxylic acids is 2. The van der Waals surface area contributed by atoms with Crippen LogP contribution in [0.25, 0.3) is 0 Å². The van der Waals surface area contributed by atoms with Gasteiger partial charge >= 0.3 is 12.2 Å². The molecule has 168 valence electrons. The van der Waals surface area contributed by atoms with E-state index in [9.17, 15) is 19.5 Å². The Kier molecular flexibility index (Phi) is 11.5. The first kappa shape index (κ1) is 25.4. The summed E-state index contributed by atoms with van der Waals surface area (Å²) in [4.78, 5) is 34.0. The van der Waals surface area contributed by atoms with Crippen LogP contribution in [-0.2, 0) is 11.3 Å². The molecule has 8 nitrogen and oxygen atoms in total. The Bertz CT molecular complexity index is 667. The van der Waals surface area contributed by atoms with Crippen LogP contribution in [0.2, 0.25) is 0 Å². The minimum absolute atomic E-state index is 0.111. The van der Waals surface area contributed by atoms with Gasteiger partial charge < -0.3 is 25.6 Å². The van der Waals surface area contributed by atoms with Crippen LogP contribution in [0.1, 0.15) is 74.7 Å². The van der Waals surface area contributed by atoms with Crippen molar-refractivity contribution in [3.63, 3.8) is 0 Å². The second kappa shape index (κ2) is 13.6. The maximum Gasteiger partial charge on any atom is 0.407 e. The second-order valence-corrected chi connectivity index (χ2v) is 7.79. The van der Waals surface area contributed by atoms with E-state index in [1.54, 1.807) is 24.3 Å². The molecule has 0 atom stereocenters. The summed E-state index contributed by atoms with van der Waals surface area (Å²) < 4.78 is 5.16. The van der Waals surface area contributed by atoms with Gasteiger partial charge in [-0.1, -0.05) is 56.4 Å². The van der Waals surface area contributed by atoms with Gasteiger partial charge in [0.15, 0.2) is 5.78 Å². The molecule has 0 aliphatic carbocycles. The highest BCUT2D eigenvalue weighted by Crippen LogP contribution is 2.14. The normalized spacial score (nSPS) is 11.0. The third kappa shape index (κ3) is 11.4. The Labute approximate surface area is 178 Å². The van der Waals surface area contributed by atoms with Crippen molar-refractivity contribution in [2.45, 2.75) is 71.0 Å². The standard InChI is InChI=1S/C22H34N2O6/c1-22(2,29)19(25)18-12-10-17(11-13-18)16-30-21(28)24-15-9-7-5-3-4-6-8-14-23-20(26)27/h10-13,23,29H,3-9,14-16H2,1-2H3,(H,24,28)(H,26,27). The molecule has 30 heavy (non-hydrogen) atoms. The van der Waals surface area contributed by atoms with Gasteiger partial charge in [0, 0.05) is 18.7 Å². The lowest BCUT2D eigenvalue weighted by Gasteiger charge is -2.15. The van der Waals surface area contributed by atoms with Gasteiger partial charge in [-0.3, -0.25) is 4.79 Å². The largest absolute Gasteiger partial charge is 0.465 e. The average molecular weight is 423 g/mol. The summed E-state index contributed by atoms with van der Waals surface area (Å²) in [6.07, 6.45) is 5.58. The smallest absolute Gasteiger partial charge is 0.407 e. The van der Waals surface area contributed by atoms with E-state index in [4.69, 9.17) is 9.84 Å². The van der Waals surface area contributed by atoms with Gasteiger partial charge in [0.1, 0.15) is 12.2 Å². The fourth-order valence-corrected chi connectivity index (χ4v) is 2.83. The minimum atomic E-state index is -1.42. The van der Waals surface area contributed by atoms with Gasteiger partial charge in [0.2, 0.25) is 0 Å². The van der Waals surface area contributed by atoms with Crippen molar-refractivity contribution in [3.8, 4) is 0 Å². The Balaban J connectivity index is 2.06. The zero-order valence-corrected chi connectivity index (χ0v) is 17.9. The molecule has 0 radical (unpaired) electrons. The molecule has 1 aromatic carbocycles. The minimum Gasteiger partial charge on any atom is -0.465 e. The lowest BCUT2D eigenvalue weighted by atomic mass is 9.96. The molecular weight excluding hydrogens is 388 g/mol. The van der Waals surface area contributed by atoms with Crippen molar-refractivity contribution in [2.75, 3.05) is 13.1 Å². The molecule has 4 N–H and O–H groups in total. The molecule has 0 fully saturated rings. The van der Waals surface area contributed by atoms with E-state index in [1.807, 2.05) is 0 Å². The number of ether oxygens (including phenoxy) is 1. The van der Waals surface area contributed by atoms with Crippen molar-refractivity contribution in [1.29, 1.82) is 0 Å². The van der Waals surface area contributed by atoms with E-state index >= 15 is 0 Å². The Morgan fingerprint density at radius 1 is 0.867 bits per heavy atom. The molecule has 0 spiro atoms. The van der Waals surface area contributed by atoms with E-state index < -0.39 is 17.8 Å². The number of rotatable bonds is 14. The molecule has 0 aromatic heterocycles. The number of carboxylic acid groups (broad SMARTS) is 1. The number of hydrogen-bond donors (Lipinski definition) is 4. The highest BCUT2D eigenvalue weighted by atomic mass is 16.5. The highest BCUT2D eigenvalue weighted by Gasteiger charge is 2.24. The van der Waals surface area contributed by atoms with Crippen molar-refractivity contribution in [3.05, 3.63) is 35.4 Å². The van der Waals surface area contributed by atoms with Gasteiger partial charge in [-0.15, -0.1) is 0 Å². The average Bonchev–Trinajstić information content (AvgIpc) is 2.69. The molecule has 0 unspecified atom stereocenters. The van der Waals surface area contributed by atoms with Crippen LogP contribution in [0, 0.1) is 0 Å². The molecule has 0 aliphatic rings. The topological polar surface area (TPSA) is 125 Å². The zero-order valence-electron chi connectivity index (χ0n) is 17.9. The number of unbranched alkanes of at least 4 members (excludes halogenated alkanes) is 6. The van der Waals surface area contributed by atoms with Crippen molar-refractivity contribution in [1.82, 2.24) is 10.6 Å². The first-order valence-electron chi connectivity index (χ1n) is 10.4. The third-order valence-corrected chi connectivity index (χ3v) is 4.54. The first-order chi connectivity index (χ1) is 14.2. The number of amides is 2. The van der Waals surface area contributed by atoms with E-state index in [1.165, 1.54) is 13.8 Å². The van der Waals surface area contributed by atoms with Gasteiger partial charge in [-0.25, -0.2) is 9.59 Å². The first-order valence-corrected chi connectivity index (χ1v) is 10.4. The Hall–Kier alpha value is -2.61. The summed E-state index contributed by atoms with van der Waals surface area (Å²) in [5.41, 5.74) is -0.249. The summed E-state index contributed by atoms with van der Waals surface area (Å²) in [5.74, 6) is -0.358. The van der Waals surface area contributed by atoms with E-state index in [0.29, 0.717) is 18.7 Å². The quantitative estimate of drug-likeness (QED) is 0.266. The number of carbonyl (C=O) groups is 3. The Morgan fingerprint density at radius 2 is 1.37 bits per heavy atom. The molecule has 0 aliphatic heterocycles. The summed E-state index contributed by atoms with van der Waals surface area (Å²) >= 11 is 0. The fourth-order valence-electron chi connectivity index (χ4n) is 2.83. The molecule has 8 heteroatoms. The van der Waals surface area contributed by atoms with E-state index in [2.05, 4.69) is 10.6 Å². The van der Waals surface area contributed by atoms with Crippen molar-refractivity contribution in [2.24, 2.45) is 0 Å². The van der Waals surface area contributed by atoms with Gasteiger partial charge in [-0.2, -0.15) is 0 Å². The predicted molar refractivity (Wildman–Crippen MR) is 114 cm³/mol. The van der Waals surface area contributed by atoms with Crippen molar-refractivity contribution < 1.29 is 29.3 Å². The zero-order chi connectivity index (χ0) is 22.4. The number of ketones is 1. The number of Topliss-reactive ketones (excluding diaryl/α,β-unsaturated/α-hetero) is 1. The van der Waals surface area contributed by atoms with Gasteiger partial charge in [0.25, 0.3) is 0 Å². The summed E-state index contributed by atoms with van der Waals surface area (Å²) in [6, 6.07) is 6.62. The SMILES string of the molecule is CC(C)(O)C(=O)c1ccc(COC(=O)NCCCCCCCCCNC(=O)O)cc1. The predicted octanol–water partition coefficient (Wildman–Crippen LogP) is 3.86. The van der Waals surface area contributed by atoms with E-state index in [0.717, 1.165) is 50.5 Å². The van der Waals surface area contributed by atoms with Crippen LogP contribution in [-0.4, -0.2) is 46.9 Å². The molecule has 0 bridgehead atoms. The Morgan fingerprint density at radius 3 is 1.87 bits per heavy atom. The molecule has 0 heterocycles. The van der Waals surface area contributed by atoms with Crippen molar-refractivity contribution >= 4 is 18.0 Å². The van der Waals surface area contributed by atoms with Crippen LogP contribution < -0.4 is 10.6 Å². The third-order valence-electron chi connectivity index (χ3n) is 4.54. The van der Waals surface area contributed by atoms with E-state index in [-0.39, 0.29) is 12.4 Å². The van der Waals surface area contributed by atoms with Crippen LogP contribution in [0.5, 0.6) is 0 Å². The van der Waals surface area contributed by atoms with Crippen LogP contribution in [0.4, 0.5) is 9.59 Å². The fraction of sp³-hybridized carbons (Fsp3) is 0.591. The second-order valence-electron chi connectivity index (χ2n) is 7.79. The molecule has 1 aromatic rings. The monoisotopic (exact) mass is 422 g/mol. The summed E-state index contributed by atoms with van der Waals surface area (Å²) in [7, 11) is 0. The highest BCUT2D eigenvalue weighted by molar-refractivity contribution is 6.01. The molecular formula is C22H34N2O6. The number of aliphatic hydroxyl groups is 1. The summed E-state index contributed by atoms with van der Waals surface area (Å²) in [5, 5.41) is 23.3. The lowest BCUT2D eigenvalue weighted by Crippen LogP contribution is -2.31. The number of alkyl carbamates (subject to hydrolysis) is 1. The van der Waals surface area contributed by atoms with Crippen LogP contribution >= 0.6 is 0 Å². The van der Waals surface area contributed by atoms with Crippen LogP contribution in [0.3, 0.4) is 0 Å². The van der Waals surface area contributed by atoms with Gasteiger partial charge in [-0.05, 0) is 32.3 Å². The molecule has 1 rings (SSSR count). The number of hydrogen-bond acceptors (Lipinski definition) is 5. The van der Waals surface area contributed by atoms with Gasteiger partial charge in [0.05, 0.1) is 0 Å².